The highest BCUT2D eigenvalue weighted by atomic mass is 19.4. The minimum atomic E-state index is -4.93. The van der Waals surface area contributed by atoms with E-state index in [9.17, 15) is 31.1 Å². The van der Waals surface area contributed by atoms with Crippen molar-refractivity contribution in [1.82, 2.24) is 10.6 Å². The van der Waals surface area contributed by atoms with Gasteiger partial charge in [0.25, 0.3) is 0 Å². The van der Waals surface area contributed by atoms with Crippen molar-refractivity contribution in [3.8, 4) is 0 Å². The fraction of sp³-hybridized carbons (Fsp3) is 0.519. The number of carbonyl (C=O) groups is 1. The molecule has 2 unspecified atom stereocenters. The number of amides is 1. The number of carbonyl (C=O) groups excluding carboxylic acids is 1. The van der Waals surface area contributed by atoms with Gasteiger partial charge in [-0.05, 0) is 49.1 Å². The Bertz CT molecular complexity index is 1040. The average Bonchev–Trinajstić information content (AvgIpc) is 2.82. The predicted molar refractivity (Wildman–Crippen MR) is 128 cm³/mol. The van der Waals surface area contributed by atoms with Gasteiger partial charge >= 0.3 is 12.4 Å². The van der Waals surface area contributed by atoms with E-state index in [0.29, 0.717) is 31.5 Å². The molecular weight excluding hydrogens is 498 g/mol. The topological polar surface area (TPSA) is 50.4 Å². The molecule has 3 atom stereocenters. The van der Waals surface area contributed by atoms with Gasteiger partial charge in [0.2, 0.25) is 5.91 Å². The Morgan fingerprint density at radius 2 is 1.59 bits per heavy atom. The molecule has 0 bridgehead atoms. The molecule has 37 heavy (non-hydrogen) atoms. The SMILES string of the molecule is CC(OCC1(c2ccccc2)CC[C@H](NC(=O)C(C)(C)C)CN1)c1cc(C(F)(F)F)cc(C(F)(F)F)c1. The largest absolute Gasteiger partial charge is 0.416 e. The molecule has 3 rings (SSSR count). The molecule has 2 aromatic rings. The van der Waals surface area contributed by atoms with Crippen molar-refractivity contribution in [3.63, 3.8) is 0 Å². The van der Waals surface area contributed by atoms with Gasteiger partial charge in [0, 0.05) is 18.0 Å². The van der Waals surface area contributed by atoms with Crippen LogP contribution in [0.1, 0.15) is 68.9 Å². The van der Waals surface area contributed by atoms with Crippen molar-refractivity contribution in [2.24, 2.45) is 5.41 Å². The highest BCUT2D eigenvalue weighted by Crippen LogP contribution is 2.39. The van der Waals surface area contributed by atoms with E-state index in [1.807, 2.05) is 51.1 Å². The van der Waals surface area contributed by atoms with E-state index in [0.717, 1.165) is 5.56 Å². The van der Waals surface area contributed by atoms with Crippen molar-refractivity contribution in [1.29, 1.82) is 0 Å². The third kappa shape index (κ3) is 7.25. The summed E-state index contributed by atoms with van der Waals surface area (Å²) in [6.07, 6.45) is -9.75. The summed E-state index contributed by atoms with van der Waals surface area (Å²) < 4.78 is 85.8. The number of benzene rings is 2. The zero-order chi connectivity index (χ0) is 27.6. The van der Waals surface area contributed by atoms with Crippen LogP contribution in [0.4, 0.5) is 26.3 Å². The van der Waals surface area contributed by atoms with Crippen molar-refractivity contribution in [3.05, 3.63) is 70.8 Å². The minimum absolute atomic E-state index is 0.00964. The Balaban J connectivity index is 1.81. The van der Waals surface area contributed by atoms with Crippen LogP contribution in [-0.4, -0.2) is 25.1 Å². The summed E-state index contributed by atoms with van der Waals surface area (Å²) in [5, 5.41) is 6.46. The van der Waals surface area contributed by atoms with Gasteiger partial charge in [-0.2, -0.15) is 26.3 Å². The summed E-state index contributed by atoms with van der Waals surface area (Å²) in [6.45, 7) is 7.33. The van der Waals surface area contributed by atoms with Gasteiger partial charge in [0.15, 0.2) is 0 Å². The summed E-state index contributed by atoms with van der Waals surface area (Å²) in [5.74, 6) is -0.0820. The number of rotatable bonds is 6. The highest BCUT2D eigenvalue weighted by molar-refractivity contribution is 5.81. The number of ether oxygens (including phenoxy) is 1. The molecule has 1 fully saturated rings. The monoisotopic (exact) mass is 530 g/mol. The average molecular weight is 531 g/mol. The normalized spacial score (nSPS) is 21.9. The molecule has 10 heteroatoms. The summed E-state index contributed by atoms with van der Waals surface area (Å²) in [7, 11) is 0. The second kappa shape index (κ2) is 10.6. The third-order valence-electron chi connectivity index (χ3n) is 6.61. The Morgan fingerprint density at radius 3 is 2.05 bits per heavy atom. The lowest BCUT2D eigenvalue weighted by Crippen LogP contribution is -2.58. The number of hydrogen-bond acceptors (Lipinski definition) is 3. The first kappa shape index (κ1) is 29.0. The van der Waals surface area contributed by atoms with Crippen LogP contribution in [-0.2, 0) is 27.4 Å². The molecule has 204 valence electrons. The maximum atomic E-state index is 13.3. The molecular formula is C27H32F6N2O2. The maximum Gasteiger partial charge on any atom is 0.416 e. The fourth-order valence-corrected chi connectivity index (χ4v) is 4.24. The number of piperidine rings is 1. The number of nitrogens with one attached hydrogen (secondary N) is 2. The van der Waals surface area contributed by atoms with Crippen LogP contribution in [0.3, 0.4) is 0 Å². The maximum absolute atomic E-state index is 13.3. The second-order valence-electron chi connectivity index (χ2n) is 10.6. The lowest BCUT2D eigenvalue weighted by molar-refractivity contribution is -0.143. The van der Waals surface area contributed by atoms with Gasteiger partial charge in [0.05, 0.1) is 29.4 Å². The van der Waals surface area contributed by atoms with E-state index in [4.69, 9.17) is 4.74 Å². The Morgan fingerprint density at radius 1 is 1.03 bits per heavy atom. The van der Waals surface area contributed by atoms with Crippen molar-refractivity contribution < 1.29 is 35.9 Å². The Kier molecular flexibility index (Phi) is 8.34. The van der Waals surface area contributed by atoms with Crippen LogP contribution in [0.5, 0.6) is 0 Å². The van der Waals surface area contributed by atoms with E-state index in [1.54, 1.807) is 0 Å². The molecule has 1 aliphatic rings. The smallest absolute Gasteiger partial charge is 0.372 e. The molecule has 2 N–H and O–H groups in total. The van der Waals surface area contributed by atoms with Gasteiger partial charge < -0.3 is 15.4 Å². The zero-order valence-electron chi connectivity index (χ0n) is 21.2. The van der Waals surface area contributed by atoms with E-state index in [-0.39, 0.29) is 30.2 Å². The van der Waals surface area contributed by atoms with Crippen LogP contribution in [0.15, 0.2) is 48.5 Å². The molecule has 1 saturated heterocycles. The molecule has 0 saturated carbocycles. The highest BCUT2D eigenvalue weighted by Gasteiger charge is 2.40. The summed E-state index contributed by atoms with van der Waals surface area (Å²) in [6, 6.07) is 10.7. The van der Waals surface area contributed by atoms with Gasteiger partial charge in [-0.15, -0.1) is 0 Å². The lowest BCUT2D eigenvalue weighted by atomic mass is 9.81. The molecule has 0 radical (unpaired) electrons. The second-order valence-corrected chi connectivity index (χ2v) is 10.6. The molecule has 0 aromatic heterocycles. The molecule has 1 aliphatic heterocycles. The van der Waals surface area contributed by atoms with Crippen molar-refractivity contribution >= 4 is 5.91 Å². The standard InChI is InChI=1S/C27H32F6N2O2/c1-17(18-12-20(26(28,29)30)14-21(13-18)27(31,32)33)37-16-25(19-8-6-5-7-9-19)11-10-22(15-34-25)35-23(36)24(2,3)4/h5-9,12-14,17,22,34H,10-11,15-16H2,1-4H3,(H,35,36)/t17?,22-,25?/m0/s1. The Hall–Kier alpha value is -2.59. The number of hydrogen-bond donors (Lipinski definition) is 2. The number of alkyl halides is 6. The molecule has 1 heterocycles. The summed E-state index contributed by atoms with van der Waals surface area (Å²) in [4.78, 5) is 12.4. The van der Waals surface area contributed by atoms with Gasteiger partial charge in [0.1, 0.15) is 0 Å². The van der Waals surface area contributed by atoms with Crippen molar-refractivity contribution in [2.45, 2.75) is 70.6 Å². The van der Waals surface area contributed by atoms with E-state index in [1.165, 1.54) is 6.92 Å². The first-order chi connectivity index (χ1) is 17.0. The first-order valence-corrected chi connectivity index (χ1v) is 12.0. The van der Waals surface area contributed by atoms with E-state index >= 15 is 0 Å². The minimum Gasteiger partial charge on any atom is -0.372 e. The first-order valence-electron chi connectivity index (χ1n) is 12.0. The third-order valence-corrected chi connectivity index (χ3v) is 6.61. The van der Waals surface area contributed by atoms with E-state index < -0.39 is 40.5 Å². The van der Waals surface area contributed by atoms with Gasteiger partial charge in [-0.1, -0.05) is 51.1 Å². The molecule has 0 spiro atoms. The predicted octanol–water partition coefficient (Wildman–Crippen LogP) is 6.61. The summed E-state index contributed by atoms with van der Waals surface area (Å²) >= 11 is 0. The molecule has 1 amide bonds. The molecule has 4 nitrogen and oxygen atoms in total. The lowest BCUT2D eigenvalue weighted by Gasteiger charge is -2.42. The fourth-order valence-electron chi connectivity index (χ4n) is 4.24. The Labute approximate surface area is 212 Å². The number of halogens is 6. The molecule has 0 aliphatic carbocycles. The van der Waals surface area contributed by atoms with E-state index in [2.05, 4.69) is 10.6 Å². The van der Waals surface area contributed by atoms with Crippen LogP contribution >= 0.6 is 0 Å². The quantitative estimate of drug-likeness (QED) is 0.413. The summed E-state index contributed by atoms with van der Waals surface area (Å²) in [5.41, 5.74) is -3.36. The van der Waals surface area contributed by atoms with Crippen molar-refractivity contribution in [2.75, 3.05) is 13.2 Å². The van der Waals surface area contributed by atoms with Crippen LogP contribution in [0.2, 0.25) is 0 Å². The molecule has 2 aromatic carbocycles. The van der Waals surface area contributed by atoms with Gasteiger partial charge in [-0.25, -0.2) is 0 Å². The zero-order valence-corrected chi connectivity index (χ0v) is 21.2. The van der Waals surface area contributed by atoms with Crippen LogP contribution in [0.25, 0.3) is 0 Å². The van der Waals surface area contributed by atoms with Crippen LogP contribution < -0.4 is 10.6 Å². The van der Waals surface area contributed by atoms with Crippen LogP contribution in [0, 0.1) is 5.41 Å². The van der Waals surface area contributed by atoms with Gasteiger partial charge in [-0.3, -0.25) is 4.79 Å².